The lowest BCUT2D eigenvalue weighted by molar-refractivity contribution is 0.790. The Morgan fingerprint density at radius 2 is 1.29 bits per heavy atom. The SMILES string of the molecule is c1ccc(-c2ccccc2C2CCc3ccccc32)cc1. The summed E-state index contributed by atoms with van der Waals surface area (Å²) in [7, 11) is 0. The lowest BCUT2D eigenvalue weighted by Crippen LogP contribution is -1.98. The van der Waals surface area contributed by atoms with E-state index in [1.54, 1.807) is 0 Å². The Labute approximate surface area is 126 Å². The first-order chi connectivity index (χ1) is 10.4. The van der Waals surface area contributed by atoms with Gasteiger partial charge in [-0.25, -0.2) is 0 Å². The summed E-state index contributed by atoms with van der Waals surface area (Å²) < 4.78 is 0. The van der Waals surface area contributed by atoms with Gasteiger partial charge in [0.1, 0.15) is 0 Å². The highest BCUT2D eigenvalue weighted by Gasteiger charge is 2.25. The Morgan fingerprint density at radius 1 is 0.619 bits per heavy atom. The minimum Gasteiger partial charge on any atom is -0.0622 e. The molecule has 1 unspecified atom stereocenters. The Balaban J connectivity index is 1.84. The summed E-state index contributed by atoms with van der Waals surface area (Å²) in [4.78, 5) is 0. The van der Waals surface area contributed by atoms with Gasteiger partial charge in [-0.15, -0.1) is 0 Å². The molecule has 102 valence electrons. The zero-order chi connectivity index (χ0) is 14.1. The summed E-state index contributed by atoms with van der Waals surface area (Å²) in [6.07, 6.45) is 2.42. The van der Waals surface area contributed by atoms with E-state index in [2.05, 4.69) is 78.9 Å². The van der Waals surface area contributed by atoms with Crippen LogP contribution < -0.4 is 0 Å². The average Bonchev–Trinajstić information content (AvgIpc) is 3.00. The molecule has 0 saturated carbocycles. The van der Waals surface area contributed by atoms with Crippen LogP contribution in [0.4, 0.5) is 0 Å². The normalized spacial score (nSPS) is 16.7. The lowest BCUT2D eigenvalue weighted by atomic mass is 9.87. The molecular weight excluding hydrogens is 252 g/mol. The van der Waals surface area contributed by atoms with Crippen LogP contribution >= 0.6 is 0 Å². The van der Waals surface area contributed by atoms with E-state index in [1.165, 1.54) is 40.7 Å². The van der Waals surface area contributed by atoms with Gasteiger partial charge in [-0.05, 0) is 40.7 Å². The van der Waals surface area contributed by atoms with Gasteiger partial charge in [-0.2, -0.15) is 0 Å². The zero-order valence-electron chi connectivity index (χ0n) is 12.0. The maximum atomic E-state index is 2.30. The van der Waals surface area contributed by atoms with Crippen molar-refractivity contribution in [2.24, 2.45) is 0 Å². The van der Waals surface area contributed by atoms with E-state index >= 15 is 0 Å². The summed E-state index contributed by atoms with van der Waals surface area (Å²) in [5.41, 5.74) is 7.19. The van der Waals surface area contributed by atoms with Crippen molar-refractivity contribution in [3.63, 3.8) is 0 Å². The molecule has 0 amide bonds. The third-order valence-electron chi connectivity index (χ3n) is 4.55. The molecule has 0 saturated heterocycles. The van der Waals surface area contributed by atoms with Crippen LogP contribution in [-0.2, 0) is 6.42 Å². The van der Waals surface area contributed by atoms with Crippen LogP contribution in [0.1, 0.15) is 29.0 Å². The third-order valence-corrected chi connectivity index (χ3v) is 4.55. The Kier molecular flexibility index (Phi) is 3.08. The van der Waals surface area contributed by atoms with Gasteiger partial charge in [0.2, 0.25) is 0 Å². The predicted molar refractivity (Wildman–Crippen MR) is 88.5 cm³/mol. The highest BCUT2D eigenvalue weighted by atomic mass is 14.3. The Hall–Kier alpha value is -2.34. The van der Waals surface area contributed by atoms with Crippen LogP contribution in [0.3, 0.4) is 0 Å². The second kappa shape index (κ2) is 5.21. The minimum atomic E-state index is 0.539. The van der Waals surface area contributed by atoms with Gasteiger partial charge in [0.05, 0.1) is 0 Å². The molecule has 4 rings (SSSR count). The molecule has 3 aromatic carbocycles. The molecule has 0 heterocycles. The molecule has 0 heteroatoms. The summed E-state index contributed by atoms with van der Waals surface area (Å²) in [5.74, 6) is 0.539. The molecule has 1 atom stereocenters. The summed E-state index contributed by atoms with van der Waals surface area (Å²) in [5, 5.41) is 0. The van der Waals surface area contributed by atoms with E-state index < -0.39 is 0 Å². The maximum absolute atomic E-state index is 2.30. The number of hydrogen-bond donors (Lipinski definition) is 0. The molecule has 21 heavy (non-hydrogen) atoms. The van der Waals surface area contributed by atoms with Crippen LogP contribution in [0.2, 0.25) is 0 Å². The van der Waals surface area contributed by atoms with Gasteiger partial charge in [0.25, 0.3) is 0 Å². The fourth-order valence-electron chi connectivity index (χ4n) is 3.56. The largest absolute Gasteiger partial charge is 0.0622 e. The van der Waals surface area contributed by atoms with Crippen molar-refractivity contribution >= 4 is 0 Å². The first-order valence-electron chi connectivity index (χ1n) is 7.65. The fraction of sp³-hybridized carbons (Fsp3) is 0.143. The van der Waals surface area contributed by atoms with Gasteiger partial charge in [0.15, 0.2) is 0 Å². The number of benzene rings is 3. The molecule has 1 aliphatic carbocycles. The van der Waals surface area contributed by atoms with Crippen molar-refractivity contribution in [2.75, 3.05) is 0 Å². The van der Waals surface area contributed by atoms with Crippen molar-refractivity contribution in [3.8, 4) is 11.1 Å². The van der Waals surface area contributed by atoms with Gasteiger partial charge in [-0.1, -0.05) is 78.9 Å². The monoisotopic (exact) mass is 270 g/mol. The summed E-state index contributed by atoms with van der Waals surface area (Å²) >= 11 is 0. The molecule has 1 aliphatic rings. The molecule has 0 radical (unpaired) electrons. The molecule has 0 aliphatic heterocycles. The Bertz CT molecular complexity index is 756. The van der Waals surface area contributed by atoms with Crippen LogP contribution in [0.25, 0.3) is 11.1 Å². The fourth-order valence-corrected chi connectivity index (χ4v) is 3.56. The van der Waals surface area contributed by atoms with E-state index in [0.717, 1.165) is 0 Å². The van der Waals surface area contributed by atoms with Crippen molar-refractivity contribution in [3.05, 3.63) is 95.6 Å². The van der Waals surface area contributed by atoms with Crippen molar-refractivity contribution in [2.45, 2.75) is 18.8 Å². The van der Waals surface area contributed by atoms with E-state index in [4.69, 9.17) is 0 Å². The van der Waals surface area contributed by atoms with Gasteiger partial charge >= 0.3 is 0 Å². The van der Waals surface area contributed by atoms with E-state index in [9.17, 15) is 0 Å². The van der Waals surface area contributed by atoms with Gasteiger partial charge < -0.3 is 0 Å². The standard InChI is InChI=1S/C21H18/c1-2-8-16(9-3-1)18-12-6-7-13-20(18)21-15-14-17-10-4-5-11-19(17)21/h1-13,21H,14-15H2. The number of aryl methyl sites for hydroxylation is 1. The minimum absolute atomic E-state index is 0.539. The van der Waals surface area contributed by atoms with Crippen molar-refractivity contribution in [1.29, 1.82) is 0 Å². The second-order valence-electron chi connectivity index (χ2n) is 5.74. The van der Waals surface area contributed by atoms with Gasteiger partial charge in [0, 0.05) is 5.92 Å². The quantitative estimate of drug-likeness (QED) is 0.582. The highest BCUT2D eigenvalue weighted by molar-refractivity contribution is 5.69. The molecule has 0 aromatic heterocycles. The molecular formula is C21H18. The molecule has 0 nitrogen and oxygen atoms in total. The Morgan fingerprint density at radius 3 is 2.14 bits per heavy atom. The maximum Gasteiger partial charge on any atom is 0.0101 e. The van der Waals surface area contributed by atoms with Crippen LogP contribution in [0.15, 0.2) is 78.9 Å². The molecule has 0 bridgehead atoms. The summed E-state index contributed by atoms with van der Waals surface area (Å²) in [6, 6.07) is 28.5. The first kappa shape index (κ1) is 12.4. The first-order valence-corrected chi connectivity index (χ1v) is 7.65. The van der Waals surface area contributed by atoms with E-state index in [0.29, 0.717) is 5.92 Å². The predicted octanol–water partition coefficient (Wildman–Crippen LogP) is 5.43. The smallest absolute Gasteiger partial charge is 0.0101 e. The average molecular weight is 270 g/mol. The van der Waals surface area contributed by atoms with Crippen molar-refractivity contribution in [1.82, 2.24) is 0 Å². The molecule has 0 fully saturated rings. The number of rotatable bonds is 2. The number of hydrogen-bond acceptors (Lipinski definition) is 0. The van der Waals surface area contributed by atoms with Crippen LogP contribution in [0, 0.1) is 0 Å². The second-order valence-corrected chi connectivity index (χ2v) is 5.74. The van der Waals surface area contributed by atoms with Crippen LogP contribution in [-0.4, -0.2) is 0 Å². The van der Waals surface area contributed by atoms with E-state index in [1.807, 2.05) is 0 Å². The molecule has 0 spiro atoms. The highest BCUT2D eigenvalue weighted by Crippen LogP contribution is 2.41. The third kappa shape index (κ3) is 2.17. The topological polar surface area (TPSA) is 0 Å². The van der Waals surface area contributed by atoms with E-state index in [-0.39, 0.29) is 0 Å². The summed E-state index contributed by atoms with van der Waals surface area (Å²) in [6.45, 7) is 0. The zero-order valence-corrected chi connectivity index (χ0v) is 12.0. The molecule has 0 N–H and O–H groups in total. The lowest BCUT2D eigenvalue weighted by Gasteiger charge is -2.17. The van der Waals surface area contributed by atoms with Crippen molar-refractivity contribution < 1.29 is 0 Å². The van der Waals surface area contributed by atoms with Gasteiger partial charge in [-0.3, -0.25) is 0 Å². The molecule has 3 aromatic rings. The van der Waals surface area contributed by atoms with Crippen LogP contribution in [0.5, 0.6) is 0 Å². The number of fused-ring (bicyclic) bond motifs is 1.